The summed E-state index contributed by atoms with van der Waals surface area (Å²) in [6, 6.07) is 8.47. The lowest BCUT2D eigenvalue weighted by atomic mass is 9.68. The van der Waals surface area contributed by atoms with E-state index in [0.29, 0.717) is 6.04 Å². The lowest BCUT2D eigenvalue weighted by Gasteiger charge is -2.40. The normalized spacial score (nSPS) is 30.5. The summed E-state index contributed by atoms with van der Waals surface area (Å²) in [6.45, 7) is 1.81. The molecule has 2 aliphatic heterocycles. The second kappa shape index (κ2) is 6.96. The van der Waals surface area contributed by atoms with E-state index >= 15 is 0 Å². The van der Waals surface area contributed by atoms with Crippen molar-refractivity contribution in [2.75, 3.05) is 24.5 Å². The zero-order valence-corrected chi connectivity index (χ0v) is 15.4. The minimum absolute atomic E-state index is 0.0165. The molecule has 3 amide bonds. The van der Waals surface area contributed by atoms with E-state index in [4.69, 9.17) is 5.73 Å². The molecule has 1 aliphatic carbocycles. The predicted octanol–water partition coefficient (Wildman–Crippen LogP) is 0.519. The van der Waals surface area contributed by atoms with Crippen molar-refractivity contribution in [3.05, 3.63) is 29.8 Å². The van der Waals surface area contributed by atoms with Crippen LogP contribution < -0.4 is 16.0 Å². The van der Waals surface area contributed by atoms with Crippen LogP contribution in [0.5, 0.6) is 0 Å². The number of primary amides is 1. The average molecular weight is 370 g/mol. The molecule has 4 rings (SSSR count). The molecule has 7 nitrogen and oxygen atoms in total. The van der Waals surface area contributed by atoms with Gasteiger partial charge in [-0.1, -0.05) is 18.2 Å². The van der Waals surface area contributed by atoms with Gasteiger partial charge in [0.2, 0.25) is 18.2 Å². The number of nitrogens with two attached hydrogens (primary N) is 1. The monoisotopic (exact) mass is 370 g/mol. The van der Waals surface area contributed by atoms with Gasteiger partial charge in [-0.3, -0.25) is 19.3 Å². The van der Waals surface area contributed by atoms with Gasteiger partial charge >= 0.3 is 0 Å². The Morgan fingerprint density at radius 1 is 1.26 bits per heavy atom. The lowest BCUT2D eigenvalue weighted by molar-refractivity contribution is -0.126. The van der Waals surface area contributed by atoms with E-state index < -0.39 is 11.3 Å². The number of benzene rings is 1. The topological polar surface area (TPSA) is 95.7 Å². The Hall–Kier alpha value is -2.41. The Morgan fingerprint density at radius 2 is 2.00 bits per heavy atom. The molecule has 144 valence electrons. The van der Waals surface area contributed by atoms with Crippen LogP contribution in [-0.2, 0) is 19.8 Å². The number of para-hydroxylation sites is 1. The van der Waals surface area contributed by atoms with Crippen LogP contribution in [0.25, 0.3) is 0 Å². The number of carbonyl (C=O) groups is 3. The number of nitrogens with one attached hydrogen (secondary N) is 1. The molecule has 0 aromatic heterocycles. The van der Waals surface area contributed by atoms with E-state index in [9.17, 15) is 14.4 Å². The quantitative estimate of drug-likeness (QED) is 0.739. The number of anilines is 1. The predicted molar refractivity (Wildman–Crippen MR) is 101 cm³/mol. The van der Waals surface area contributed by atoms with Crippen molar-refractivity contribution in [2.45, 2.75) is 49.6 Å². The first-order valence-electron chi connectivity index (χ1n) is 9.69. The maximum atomic E-state index is 13.3. The van der Waals surface area contributed by atoms with Gasteiger partial charge in [0.15, 0.2) is 0 Å². The fourth-order valence-electron chi connectivity index (χ4n) is 5.20. The third kappa shape index (κ3) is 3.00. The fraction of sp³-hybridized carbons (Fsp3) is 0.550. The largest absolute Gasteiger partial charge is 0.368 e. The van der Waals surface area contributed by atoms with Gasteiger partial charge in [-0.15, -0.1) is 0 Å². The van der Waals surface area contributed by atoms with E-state index in [1.54, 1.807) is 4.90 Å². The number of fused-ring (bicyclic) bond motifs is 2. The summed E-state index contributed by atoms with van der Waals surface area (Å²) in [5, 5.41) is 2.88. The molecule has 1 saturated heterocycles. The number of likely N-dealkylation sites (tertiary alicyclic amines) is 1. The number of rotatable bonds is 5. The summed E-state index contributed by atoms with van der Waals surface area (Å²) >= 11 is 0. The second-order valence-electron chi connectivity index (χ2n) is 7.95. The van der Waals surface area contributed by atoms with Crippen molar-refractivity contribution in [2.24, 2.45) is 5.73 Å². The van der Waals surface area contributed by atoms with E-state index in [0.717, 1.165) is 62.9 Å². The molecule has 1 unspecified atom stereocenters. The molecular weight excluding hydrogens is 344 g/mol. The Morgan fingerprint density at radius 3 is 2.70 bits per heavy atom. The number of carbonyl (C=O) groups excluding carboxylic acids is 3. The molecule has 7 heteroatoms. The first-order valence-corrected chi connectivity index (χ1v) is 9.69. The van der Waals surface area contributed by atoms with Gasteiger partial charge in [0.05, 0.1) is 5.41 Å². The minimum Gasteiger partial charge on any atom is -0.368 e. The summed E-state index contributed by atoms with van der Waals surface area (Å²) in [4.78, 5) is 39.5. The van der Waals surface area contributed by atoms with Crippen molar-refractivity contribution in [1.29, 1.82) is 0 Å². The summed E-state index contributed by atoms with van der Waals surface area (Å²) in [6.07, 6.45) is 5.21. The Kier molecular flexibility index (Phi) is 4.63. The smallest absolute Gasteiger partial charge is 0.238 e. The van der Waals surface area contributed by atoms with Crippen molar-refractivity contribution < 1.29 is 14.4 Å². The number of hydrogen-bond acceptors (Lipinski definition) is 4. The van der Waals surface area contributed by atoms with Crippen LogP contribution in [0.3, 0.4) is 0 Å². The van der Waals surface area contributed by atoms with Crippen molar-refractivity contribution in [3.8, 4) is 0 Å². The van der Waals surface area contributed by atoms with Gasteiger partial charge in [0, 0.05) is 30.9 Å². The van der Waals surface area contributed by atoms with E-state index in [2.05, 4.69) is 10.2 Å². The second-order valence-corrected chi connectivity index (χ2v) is 7.95. The molecule has 1 atom stereocenters. The zero-order valence-electron chi connectivity index (χ0n) is 15.4. The van der Waals surface area contributed by atoms with Crippen molar-refractivity contribution >= 4 is 23.9 Å². The molecule has 1 saturated carbocycles. The molecule has 27 heavy (non-hydrogen) atoms. The van der Waals surface area contributed by atoms with Gasteiger partial charge in [-0.05, 0) is 43.7 Å². The highest BCUT2D eigenvalue weighted by Gasteiger charge is 2.52. The molecule has 1 spiro atoms. The molecule has 3 aliphatic rings. The Labute approximate surface area is 158 Å². The molecule has 2 fully saturated rings. The molecule has 0 radical (unpaired) electrons. The zero-order chi connectivity index (χ0) is 19.0. The lowest BCUT2D eigenvalue weighted by Crippen LogP contribution is -2.48. The number of hydrogen-bond donors (Lipinski definition) is 2. The SMILES string of the molecule is NC(=O)CN1C(=O)C2(CCC(N3CCC(NC=O)C3)CC2)c2ccccc21. The average Bonchev–Trinajstić information content (AvgIpc) is 3.21. The van der Waals surface area contributed by atoms with Crippen LogP contribution in [0.1, 0.15) is 37.7 Å². The van der Waals surface area contributed by atoms with Crippen LogP contribution >= 0.6 is 0 Å². The van der Waals surface area contributed by atoms with Crippen molar-refractivity contribution in [3.63, 3.8) is 0 Å². The number of nitrogens with zero attached hydrogens (tertiary/aromatic N) is 2. The summed E-state index contributed by atoms with van der Waals surface area (Å²) < 4.78 is 0. The molecule has 0 bridgehead atoms. The minimum atomic E-state index is -0.525. The summed E-state index contributed by atoms with van der Waals surface area (Å²) in [7, 11) is 0. The first kappa shape index (κ1) is 18.0. The molecule has 3 N–H and O–H groups in total. The highest BCUT2D eigenvalue weighted by atomic mass is 16.2. The van der Waals surface area contributed by atoms with E-state index in [-0.39, 0.29) is 18.5 Å². The van der Waals surface area contributed by atoms with E-state index in [1.807, 2.05) is 24.3 Å². The van der Waals surface area contributed by atoms with Crippen LogP contribution in [0, 0.1) is 0 Å². The molecule has 2 heterocycles. The summed E-state index contributed by atoms with van der Waals surface area (Å²) in [5.41, 5.74) is 6.73. The van der Waals surface area contributed by atoms with Crippen LogP contribution in [-0.4, -0.2) is 54.8 Å². The standard InChI is InChI=1S/C20H26N4O3/c21-18(26)12-24-17-4-2-1-3-16(17)20(19(24)27)8-5-15(6-9-20)23-10-7-14(11-23)22-13-25/h1-4,13-15H,5-12H2,(H2,21,26)(H,22,25). The third-order valence-electron chi connectivity index (χ3n) is 6.53. The van der Waals surface area contributed by atoms with Gasteiger partial charge in [0.1, 0.15) is 6.54 Å². The summed E-state index contributed by atoms with van der Waals surface area (Å²) in [5.74, 6) is -0.474. The Balaban J connectivity index is 1.51. The van der Waals surface area contributed by atoms with Crippen LogP contribution in [0.15, 0.2) is 24.3 Å². The highest BCUT2D eigenvalue weighted by Crippen LogP contribution is 2.50. The molecule has 1 aromatic rings. The third-order valence-corrected chi connectivity index (χ3v) is 6.53. The van der Waals surface area contributed by atoms with Gasteiger partial charge in [0.25, 0.3) is 0 Å². The highest BCUT2D eigenvalue weighted by molar-refractivity contribution is 6.10. The maximum absolute atomic E-state index is 13.3. The van der Waals surface area contributed by atoms with Crippen LogP contribution in [0.4, 0.5) is 5.69 Å². The van der Waals surface area contributed by atoms with Crippen LogP contribution in [0.2, 0.25) is 0 Å². The van der Waals surface area contributed by atoms with E-state index in [1.165, 1.54) is 0 Å². The Bertz CT molecular complexity index is 757. The number of amides is 3. The fourth-order valence-corrected chi connectivity index (χ4v) is 5.20. The first-order chi connectivity index (χ1) is 13.0. The molecule has 1 aromatic carbocycles. The van der Waals surface area contributed by atoms with Gasteiger partial charge in [-0.25, -0.2) is 0 Å². The van der Waals surface area contributed by atoms with Crippen molar-refractivity contribution in [1.82, 2.24) is 10.2 Å². The maximum Gasteiger partial charge on any atom is 0.238 e. The molecular formula is C20H26N4O3. The van der Waals surface area contributed by atoms with Gasteiger partial charge < -0.3 is 16.0 Å². The van der Waals surface area contributed by atoms with Gasteiger partial charge in [-0.2, -0.15) is 0 Å².